The van der Waals surface area contributed by atoms with E-state index in [4.69, 9.17) is 56.1 Å². The molecule has 0 spiro atoms. The minimum atomic E-state index is -0.365. The highest BCUT2D eigenvalue weighted by Crippen LogP contribution is 2.38. The molecule has 0 unspecified atom stereocenters. The average molecular weight is 643 g/mol. The number of aliphatic imine (C=N–C) groups is 1. The Morgan fingerprint density at radius 2 is 1.59 bits per heavy atom. The first-order valence-electron chi connectivity index (χ1n) is 12.1. The number of carbonyl (C=O) groups is 2. The first kappa shape index (κ1) is 29.0. The van der Waals surface area contributed by atoms with Crippen molar-refractivity contribution in [2.45, 2.75) is 0 Å². The van der Waals surface area contributed by atoms with Crippen molar-refractivity contribution in [1.82, 2.24) is 0 Å². The smallest absolute Gasteiger partial charge is 0.271 e. The number of hydrogen-bond donors (Lipinski definition) is 1. The van der Waals surface area contributed by atoms with Gasteiger partial charge in [0.25, 0.3) is 11.8 Å². The number of carbonyl (C=O) groups excluding carboxylic acids is 2. The Morgan fingerprint density at radius 1 is 0.878 bits per heavy atom. The van der Waals surface area contributed by atoms with Crippen LogP contribution in [0.2, 0.25) is 20.1 Å². The Bertz CT molecular complexity index is 1680. The zero-order valence-electron chi connectivity index (χ0n) is 21.0. The summed E-state index contributed by atoms with van der Waals surface area (Å²) in [5, 5.41) is 5.07. The molecule has 1 N–H and O–H groups in total. The second-order valence-electron chi connectivity index (χ2n) is 8.64. The van der Waals surface area contributed by atoms with Gasteiger partial charge in [0, 0.05) is 15.7 Å². The van der Waals surface area contributed by atoms with Gasteiger partial charge in [0.2, 0.25) is 0 Å². The van der Waals surface area contributed by atoms with E-state index in [2.05, 4.69) is 5.32 Å². The fourth-order valence-corrected chi connectivity index (χ4v) is 5.31. The molecular weight excluding hydrogens is 624 g/mol. The van der Waals surface area contributed by atoms with Crippen LogP contribution in [0, 0.1) is 0 Å². The molecule has 6 nitrogen and oxygen atoms in total. The standard InChI is InChI=1S/C30H19Cl4N3O3S/c31-19-4-8-21(9-5-19)36-30-37(23-11-6-20(32)7-12-23)29(39)27(41-30)15-18-2-1-3-24(14-18)40-17-28(38)35-22-10-13-25(33)26(34)16-22/h1-16H,17H2,(H,35,38)/b27-15+,36-30?. The zero-order valence-corrected chi connectivity index (χ0v) is 24.8. The quantitative estimate of drug-likeness (QED) is 0.204. The molecule has 0 aromatic heterocycles. The van der Waals surface area contributed by atoms with Crippen LogP contribution in [-0.4, -0.2) is 23.6 Å². The fourth-order valence-electron chi connectivity index (χ4n) is 3.76. The maximum absolute atomic E-state index is 13.6. The van der Waals surface area contributed by atoms with E-state index in [9.17, 15) is 9.59 Å². The van der Waals surface area contributed by atoms with E-state index < -0.39 is 0 Å². The van der Waals surface area contributed by atoms with E-state index in [-0.39, 0.29) is 18.4 Å². The molecule has 5 rings (SSSR count). The van der Waals surface area contributed by atoms with Gasteiger partial charge in [-0.25, -0.2) is 4.99 Å². The monoisotopic (exact) mass is 641 g/mol. The Morgan fingerprint density at radius 3 is 2.29 bits per heavy atom. The van der Waals surface area contributed by atoms with Gasteiger partial charge in [-0.15, -0.1) is 0 Å². The second-order valence-corrected chi connectivity index (χ2v) is 11.3. The number of rotatable bonds is 7. The molecular formula is C30H19Cl4N3O3S. The molecule has 11 heteroatoms. The lowest BCUT2D eigenvalue weighted by Crippen LogP contribution is -2.28. The second kappa shape index (κ2) is 13.0. The molecule has 0 atom stereocenters. The molecule has 1 aliphatic heterocycles. The Balaban J connectivity index is 1.34. The van der Waals surface area contributed by atoms with Crippen molar-refractivity contribution >= 4 is 98.3 Å². The molecule has 41 heavy (non-hydrogen) atoms. The van der Waals surface area contributed by atoms with Crippen molar-refractivity contribution in [2.24, 2.45) is 4.99 Å². The highest BCUT2D eigenvalue weighted by molar-refractivity contribution is 8.19. The highest BCUT2D eigenvalue weighted by Gasteiger charge is 2.34. The molecule has 0 saturated carbocycles. The number of amides is 2. The first-order valence-corrected chi connectivity index (χ1v) is 14.4. The van der Waals surface area contributed by atoms with Crippen LogP contribution in [0.15, 0.2) is 101 Å². The number of amidine groups is 1. The molecule has 4 aromatic carbocycles. The van der Waals surface area contributed by atoms with Crippen LogP contribution in [0.3, 0.4) is 0 Å². The lowest BCUT2D eigenvalue weighted by molar-refractivity contribution is -0.118. The number of nitrogens with zero attached hydrogens (tertiary/aromatic N) is 2. The summed E-state index contributed by atoms with van der Waals surface area (Å²) < 4.78 is 5.69. The molecule has 1 heterocycles. The molecule has 1 aliphatic rings. The summed E-state index contributed by atoms with van der Waals surface area (Å²) in [6.07, 6.45) is 1.75. The molecule has 206 valence electrons. The maximum Gasteiger partial charge on any atom is 0.271 e. The Hall–Kier alpha value is -3.46. The molecule has 2 amide bonds. The van der Waals surface area contributed by atoms with Crippen LogP contribution in [0.5, 0.6) is 5.75 Å². The van der Waals surface area contributed by atoms with Crippen molar-refractivity contribution in [3.8, 4) is 5.75 Å². The topological polar surface area (TPSA) is 71.0 Å². The summed E-state index contributed by atoms with van der Waals surface area (Å²) in [7, 11) is 0. The van der Waals surface area contributed by atoms with E-state index in [0.29, 0.717) is 58.5 Å². The van der Waals surface area contributed by atoms with Crippen LogP contribution in [-0.2, 0) is 9.59 Å². The van der Waals surface area contributed by atoms with E-state index in [0.717, 1.165) is 0 Å². The molecule has 1 saturated heterocycles. The molecule has 0 bridgehead atoms. The predicted molar refractivity (Wildman–Crippen MR) is 170 cm³/mol. The Kier molecular flexibility index (Phi) is 9.22. The third-order valence-corrected chi connectivity index (χ3v) is 7.88. The lowest BCUT2D eigenvalue weighted by atomic mass is 10.2. The third-order valence-electron chi connectivity index (χ3n) is 5.67. The highest BCUT2D eigenvalue weighted by atomic mass is 35.5. The molecule has 0 radical (unpaired) electrons. The normalized spacial score (nSPS) is 15.0. The molecule has 0 aliphatic carbocycles. The van der Waals surface area contributed by atoms with Gasteiger partial charge in [-0.3, -0.25) is 14.5 Å². The lowest BCUT2D eigenvalue weighted by Gasteiger charge is -2.15. The minimum absolute atomic E-state index is 0.226. The number of thioether (sulfide) groups is 1. The molecule has 4 aromatic rings. The fraction of sp³-hybridized carbons (Fsp3) is 0.0333. The number of ether oxygens (including phenoxy) is 1. The van der Waals surface area contributed by atoms with Gasteiger partial charge >= 0.3 is 0 Å². The summed E-state index contributed by atoms with van der Waals surface area (Å²) in [6, 6.07) is 25.9. The van der Waals surface area contributed by atoms with Gasteiger partial charge in [0.1, 0.15) is 5.75 Å². The number of benzene rings is 4. The third kappa shape index (κ3) is 7.44. The minimum Gasteiger partial charge on any atom is -0.484 e. The summed E-state index contributed by atoms with van der Waals surface area (Å²) in [4.78, 5) is 32.6. The van der Waals surface area contributed by atoms with E-state index in [1.54, 1.807) is 91.0 Å². The summed E-state index contributed by atoms with van der Waals surface area (Å²) >= 11 is 25.3. The number of nitrogens with one attached hydrogen (secondary N) is 1. The van der Waals surface area contributed by atoms with Crippen LogP contribution in [0.4, 0.5) is 17.1 Å². The van der Waals surface area contributed by atoms with Crippen LogP contribution in [0.1, 0.15) is 5.56 Å². The van der Waals surface area contributed by atoms with Gasteiger partial charge in [-0.05, 0) is 102 Å². The first-order chi connectivity index (χ1) is 19.7. The van der Waals surface area contributed by atoms with Gasteiger partial charge in [0.05, 0.1) is 26.3 Å². The van der Waals surface area contributed by atoms with Gasteiger partial charge in [-0.2, -0.15) is 0 Å². The van der Waals surface area contributed by atoms with Crippen molar-refractivity contribution in [1.29, 1.82) is 0 Å². The van der Waals surface area contributed by atoms with Gasteiger partial charge in [-0.1, -0.05) is 58.5 Å². The number of anilines is 2. The van der Waals surface area contributed by atoms with Crippen molar-refractivity contribution < 1.29 is 14.3 Å². The summed E-state index contributed by atoms with van der Waals surface area (Å²) in [6.45, 7) is -0.226. The zero-order chi connectivity index (χ0) is 28.9. The van der Waals surface area contributed by atoms with E-state index in [1.807, 2.05) is 6.07 Å². The van der Waals surface area contributed by atoms with Gasteiger partial charge < -0.3 is 10.1 Å². The average Bonchev–Trinajstić information content (AvgIpc) is 3.25. The van der Waals surface area contributed by atoms with Crippen molar-refractivity contribution in [3.05, 3.63) is 122 Å². The van der Waals surface area contributed by atoms with Crippen LogP contribution >= 0.6 is 58.2 Å². The molecule has 1 fully saturated rings. The Labute approximate surface area is 260 Å². The SMILES string of the molecule is O=C(COc1cccc(/C=C2/SC(=Nc3ccc(Cl)cc3)N(c3ccc(Cl)cc3)C2=O)c1)Nc1ccc(Cl)c(Cl)c1. The van der Waals surface area contributed by atoms with Crippen LogP contribution < -0.4 is 15.0 Å². The predicted octanol–water partition coefficient (Wildman–Crippen LogP) is 9.13. The summed E-state index contributed by atoms with van der Waals surface area (Å²) in [5.41, 5.74) is 2.50. The van der Waals surface area contributed by atoms with E-state index >= 15 is 0 Å². The van der Waals surface area contributed by atoms with Gasteiger partial charge in [0.15, 0.2) is 11.8 Å². The summed E-state index contributed by atoms with van der Waals surface area (Å²) in [5.74, 6) is -0.142. The van der Waals surface area contributed by atoms with Crippen molar-refractivity contribution in [3.63, 3.8) is 0 Å². The van der Waals surface area contributed by atoms with Crippen LogP contribution in [0.25, 0.3) is 6.08 Å². The maximum atomic E-state index is 13.6. The van der Waals surface area contributed by atoms with E-state index in [1.165, 1.54) is 16.7 Å². The van der Waals surface area contributed by atoms with Crippen molar-refractivity contribution in [2.75, 3.05) is 16.8 Å². The number of halogens is 4. The largest absolute Gasteiger partial charge is 0.484 e. The number of hydrogen-bond acceptors (Lipinski definition) is 5.